The normalized spacial score (nSPS) is 17.4. The number of aromatic nitrogens is 4. The van der Waals surface area contributed by atoms with Crippen LogP contribution in [0, 0.1) is 6.92 Å². The number of aryl methyl sites for hydroxylation is 1. The molecule has 0 aliphatic carbocycles. The maximum absolute atomic E-state index is 16.0. The van der Waals surface area contributed by atoms with Crippen LogP contribution in [-0.4, -0.2) is 69.2 Å². The van der Waals surface area contributed by atoms with Gasteiger partial charge in [0.1, 0.15) is 11.3 Å². The van der Waals surface area contributed by atoms with E-state index in [4.69, 9.17) is 4.74 Å². The highest BCUT2D eigenvalue weighted by Crippen LogP contribution is 2.39. The van der Waals surface area contributed by atoms with Crippen LogP contribution in [0.4, 0.5) is 28.3 Å². The molecular formula is C34H34F4N6O4S. The molecule has 1 atom stereocenters. The number of hydrogen-bond donors (Lipinski definition) is 1. The maximum atomic E-state index is 16.0. The largest absolute Gasteiger partial charge is 0.444 e. The molecule has 0 bridgehead atoms. The van der Waals surface area contributed by atoms with Gasteiger partial charge >= 0.3 is 12.3 Å². The van der Waals surface area contributed by atoms with Gasteiger partial charge in [-0.3, -0.25) is 4.98 Å². The number of nitrogens with one attached hydrogen (secondary N) is 1. The highest BCUT2D eigenvalue weighted by atomic mass is 32.2. The molecule has 1 saturated heterocycles. The molecule has 1 N–H and O–H groups in total. The van der Waals surface area contributed by atoms with Gasteiger partial charge in [0.05, 0.1) is 34.6 Å². The number of nitrogens with zero attached hydrogens (tertiary/aromatic N) is 5. The fourth-order valence-electron chi connectivity index (χ4n) is 5.80. The molecule has 10 nitrogen and oxygen atoms in total. The lowest BCUT2D eigenvalue weighted by molar-refractivity contribution is -0.137. The summed E-state index contributed by atoms with van der Waals surface area (Å²) in [4.78, 5) is 27.0. The lowest BCUT2D eigenvalue weighted by Crippen LogP contribution is -2.52. The highest BCUT2D eigenvalue weighted by molar-refractivity contribution is 7.90. The quantitative estimate of drug-likeness (QED) is 0.183. The van der Waals surface area contributed by atoms with Crippen molar-refractivity contribution in [2.24, 2.45) is 0 Å². The van der Waals surface area contributed by atoms with Crippen molar-refractivity contribution in [2.45, 2.75) is 62.9 Å². The average molecular weight is 699 g/mol. The standard InChI is InChI=1S/C34H34F4N6O4S/c1-21-6-9-24(10-7-21)49(46,47)44-18-27(25-11-8-23(14-28(25)44)34(36,37)38)26-17-39-15-22-16-40-30(42-29(22)26)41-19-33(35)12-5-13-43(20-33)31(45)48-32(2,3)4/h6-11,14-18H,5,12-13,19-20H2,1-4H3,(H,40,41,42)/t33-/m0/s1. The van der Waals surface area contributed by atoms with Gasteiger partial charge in [0.2, 0.25) is 5.95 Å². The van der Waals surface area contributed by atoms with E-state index in [9.17, 15) is 26.4 Å². The SMILES string of the molecule is Cc1ccc(S(=O)(=O)n2cc(-c3cncc4cnc(NC[C@@]5(F)CCCN(C(=O)OC(C)(C)C)C5)nc34)c3ccc(C(F)(F)F)cc32)cc1. The Balaban J connectivity index is 1.38. The first-order valence-electron chi connectivity index (χ1n) is 15.5. The van der Waals surface area contributed by atoms with E-state index in [1.807, 2.05) is 0 Å². The second-order valence-electron chi connectivity index (χ2n) is 13.2. The zero-order chi connectivity index (χ0) is 35.4. The number of likely N-dealkylation sites (tertiary alicyclic amines) is 1. The van der Waals surface area contributed by atoms with Crippen LogP contribution >= 0.6 is 0 Å². The Morgan fingerprint density at radius 1 is 1.04 bits per heavy atom. The number of ether oxygens (including phenoxy) is 1. The van der Waals surface area contributed by atoms with Gasteiger partial charge in [-0.15, -0.1) is 0 Å². The third kappa shape index (κ3) is 7.02. The average Bonchev–Trinajstić information content (AvgIpc) is 3.42. The van der Waals surface area contributed by atoms with Crippen molar-refractivity contribution in [3.05, 3.63) is 78.4 Å². The van der Waals surface area contributed by atoms with Gasteiger partial charge in [-0.2, -0.15) is 13.2 Å². The van der Waals surface area contributed by atoms with E-state index in [1.165, 1.54) is 47.9 Å². The number of fused-ring (bicyclic) bond motifs is 2. The molecule has 15 heteroatoms. The van der Waals surface area contributed by atoms with Crippen LogP contribution in [0.5, 0.6) is 0 Å². The number of rotatable bonds is 6. The summed E-state index contributed by atoms with van der Waals surface area (Å²) in [6.45, 7) is 6.95. The molecule has 1 aliphatic heterocycles. The van der Waals surface area contributed by atoms with Crippen molar-refractivity contribution in [3.63, 3.8) is 0 Å². The number of piperidine rings is 1. The number of anilines is 1. The molecular weight excluding hydrogens is 664 g/mol. The molecule has 0 radical (unpaired) electrons. The third-order valence-electron chi connectivity index (χ3n) is 8.20. The topological polar surface area (TPSA) is 119 Å². The predicted molar refractivity (Wildman–Crippen MR) is 176 cm³/mol. The fraction of sp³-hybridized carbons (Fsp3) is 0.353. The summed E-state index contributed by atoms with van der Waals surface area (Å²) >= 11 is 0. The maximum Gasteiger partial charge on any atom is 0.416 e. The summed E-state index contributed by atoms with van der Waals surface area (Å²) < 4.78 is 91.4. The lowest BCUT2D eigenvalue weighted by Gasteiger charge is -2.38. The van der Waals surface area contributed by atoms with Gasteiger partial charge < -0.3 is 15.0 Å². The number of pyridine rings is 1. The monoisotopic (exact) mass is 698 g/mol. The highest BCUT2D eigenvalue weighted by Gasteiger charge is 2.39. The first kappa shape index (κ1) is 34.1. The van der Waals surface area contributed by atoms with E-state index in [2.05, 4.69) is 20.3 Å². The number of carbonyl (C=O) groups excluding carboxylic acids is 1. The molecule has 0 unspecified atom stereocenters. The summed E-state index contributed by atoms with van der Waals surface area (Å²) in [7, 11) is -4.34. The van der Waals surface area contributed by atoms with Gasteiger partial charge in [0, 0.05) is 53.2 Å². The molecule has 0 spiro atoms. The summed E-state index contributed by atoms with van der Waals surface area (Å²) in [5.41, 5.74) is -2.00. The molecule has 1 aliphatic rings. The van der Waals surface area contributed by atoms with Gasteiger partial charge in [-0.05, 0) is 64.8 Å². The first-order valence-corrected chi connectivity index (χ1v) is 16.9. The van der Waals surface area contributed by atoms with Crippen LogP contribution in [0.2, 0.25) is 0 Å². The van der Waals surface area contributed by atoms with E-state index < -0.39 is 39.1 Å². The second kappa shape index (κ2) is 12.3. The smallest absolute Gasteiger partial charge is 0.416 e. The zero-order valence-electron chi connectivity index (χ0n) is 27.2. The van der Waals surface area contributed by atoms with Crippen molar-refractivity contribution in [1.82, 2.24) is 23.8 Å². The Labute approximate surface area is 280 Å². The van der Waals surface area contributed by atoms with Crippen LogP contribution in [0.1, 0.15) is 44.7 Å². The molecule has 0 saturated carbocycles. The van der Waals surface area contributed by atoms with E-state index in [1.54, 1.807) is 39.8 Å². The predicted octanol–water partition coefficient (Wildman–Crippen LogP) is 7.36. The van der Waals surface area contributed by atoms with Gasteiger partial charge in [0.15, 0.2) is 0 Å². The van der Waals surface area contributed by atoms with Crippen molar-refractivity contribution in [2.75, 3.05) is 25.0 Å². The molecule has 4 heterocycles. The van der Waals surface area contributed by atoms with Gasteiger partial charge in [0.25, 0.3) is 10.0 Å². The van der Waals surface area contributed by atoms with Crippen molar-refractivity contribution >= 4 is 43.9 Å². The van der Waals surface area contributed by atoms with E-state index in [-0.39, 0.29) is 46.8 Å². The Morgan fingerprint density at radius 3 is 2.47 bits per heavy atom. The number of halogens is 4. The second-order valence-corrected chi connectivity index (χ2v) is 15.0. The Morgan fingerprint density at radius 2 is 1.78 bits per heavy atom. The number of hydrogen-bond acceptors (Lipinski definition) is 8. The number of amides is 1. The minimum Gasteiger partial charge on any atom is -0.444 e. The Hall–Kier alpha value is -4.79. The molecule has 1 amide bonds. The molecule has 3 aromatic heterocycles. The molecule has 5 aromatic rings. The van der Waals surface area contributed by atoms with E-state index in [0.717, 1.165) is 21.7 Å². The summed E-state index contributed by atoms with van der Waals surface area (Å²) in [5.74, 6) is 0.0572. The fourth-order valence-corrected chi connectivity index (χ4v) is 7.16. The van der Waals surface area contributed by atoms with Crippen molar-refractivity contribution in [3.8, 4) is 11.1 Å². The molecule has 258 valence electrons. The van der Waals surface area contributed by atoms with E-state index in [0.29, 0.717) is 29.4 Å². The first-order chi connectivity index (χ1) is 22.9. The number of carbonyl (C=O) groups is 1. The molecule has 6 rings (SSSR count). The minimum absolute atomic E-state index is 0.0572. The number of alkyl halides is 4. The summed E-state index contributed by atoms with van der Waals surface area (Å²) in [5, 5.41) is 3.61. The summed E-state index contributed by atoms with van der Waals surface area (Å²) in [6, 6.07) is 8.91. The lowest BCUT2D eigenvalue weighted by atomic mass is 9.95. The van der Waals surface area contributed by atoms with E-state index >= 15 is 4.39 Å². The van der Waals surface area contributed by atoms with Crippen molar-refractivity contribution in [1.29, 1.82) is 0 Å². The third-order valence-corrected chi connectivity index (χ3v) is 9.89. The van der Waals surface area contributed by atoms with Crippen LogP contribution in [-0.2, 0) is 20.9 Å². The van der Waals surface area contributed by atoms with Crippen LogP contribution in [0.15, 0.2) is 72.1 Å². The minimum atomic E-state index is -4.72. The van der Waals surface area contributed by atoms with Gasteiger partial charge in [-0.25, -0.2) is 31.5 Å². The zero-order valence-corrected chi connectivity index (χ0v) is 28.0. The molecule has 49 heavy (non-hydrogen) atoms. The molecule has 1 fully saturated rings. The van der Waals surface area contributed by atoms with Crippen LogP contribution in [0.25, 0.3) is 32.9 Å². The Kier molecular flexibility index (Phi) is 8.54. The van der Waals surface area contributed by atoms with Crippen LogP contribution in [0.3, 0.4) is 0 Å². The summed E-state index contributed by atoms with van der Waals surface area (Å²) in [6.07, 6.45) is 0.947. The van der Waals surface area contributed by atoms with Crippen LogP contribution < -0.4 is 5.32 Å². The number of benzene rings is 2. The Bertz CT molecular complexity index is 2160. The van der Waals surface area contributed by atoms with Crippen molar-refractivity contribution < 1.29 is 35.5 Å². The van der Waals surface area contributed by atoms with Gasteiger partial charge in [-0.1, -0.05) is 23.8 Å². The molecule has 2 aromatic carbocycles.